The second-order valence-electron chi connectivity index (χ2n) is 6.10. The zero-order valence-electron chi connectivity index (χ0n) is 13.1. The minimum Gasteiger partial charge on any atom is -0.459 e. The topological polar surface area (TPSA) is 60.3 Å². The summed E-state index contributed by atoms with van der Waals surface area (Å²) in [6.45, 7) is 7.04. The van der Waals surface area contributed by atoms with Crippen molar-refractivity contribution in [3.8, 4) is 0 Å². The van der Waals surface area contributed by atoms with Crippen molar-refractivity contribution >= 4 is 44.4 Å². The molecule has 0 fully saturated rings. The van der Waals surface area contributed by atoms with Gasteiger partial charge in [0.15, 0.2) is 0 Å². The second kappa shape index (κ2) is 6.12. The second-order valence-corrected chi connectivity index (χ2v) is 7.02. The number of fused-ring (bicyclic) bond motifs is 1. The standard InChI is InChI=1S/C16H19BrN2O3/c1-10(20)18-13-8-19(9-15(21)22-16(2,3)4)14-6-5-11(17)7-12(13)14/h5-8H,9H2,1-4H3,(H,18,20). The molecule has 0 spiro atoms. The molecule has 118 valence electrons. The Bertz CT molecular complexity index is 729. The molecule has 0 radical (unpaired) electrons. The van der Waals surface area contributed by atoms with Crippen molar-refractivity contribution in [1.82, 2.24) is 4.57 Å². The summed E-state index contributed by atoms with van der Waals surface area (Å²) in [5.41, 5.74) is 1.01. The minimum atomic E-state index is -0.524. The molecule has 6 heteroatoms. The molecule has 2 rings (SSSR count). The van der Waals surface area contributed by atoms with Crippen LogP contribution in [0.15, 0.2) is 28.9 Å². The van der Waals surface area contributed by atoms with E-state index in [4.69, 9.17) is 4.74 Å². The molecule has 0 atom stereocenters. The average Bonchev–Trinajstić information content (AvgIpc) is 2.63. The normalized spacial score (nSPS) is 11.5. The first-order valence-corrected chi connectivity index (χ1v) is 7.73. The van der Waals surface area contributed by atoms with Crippen LogP contribution in [0.1, 0.15) is 27.7 Å². The van der Waals surface area contributed by atoms with Gasteiger partial charge >= 0.3 is 5.97 Å². The summed E-state index contributed by atoms with van der Waals surface area (Å²) < 4.78 is 8.03. The zero-order chi connectivity index (χ0) is 16.5. The average molecular weight is 367 g/mol. The van der Waals surface area contributed by atoms with Gasteiger partial charge in [0.25, 0.3) is 0 Å². The number of benzene rings is 1. The highest BCUT2D eigenvalue weighted by Crippen LogP contribution is 2.29. The summed E-state index contributed by atoms with van der Waals surface area (Å²) in [5.74, 6) is -0.474. The van der Waals surface area contributed by atoms with Crippen LogP contribution >= 0.6 is 15.9 Å². The lowest BCUT2D eigenvalue weighted by atomic mass is 10.2. The van der Waals surface area contributed by atoms with Crippen LogP contribution in [-0.4, -0.2) is 22.0 Å². The van der Waals surface area contributed by atoms with Crippen LogP contribution < -0.4 is 5.32 Å². The van der Waals surface area contributed by atoms with E-state index in [0.717, 1.165) is 15.4 Å². The van der Waals surface area contributed by atoms with Gasteiger partial charge in [0.2, 0.25) is 5.91 Å². The molecule has 0 bridgehead atoms. The Kier molecular flexibility index (Phi) is 4.60. The Labute approximate surface area is 137 Å². The number of rotatable bonds is 3. The van der Waals surface area contributed by atoms with Crippen molar-refractivity contribution in [2.45, 2.75) is 39.8 Å². The molecular formula is C16H19BrN2O3. The van der Waals surface area contributed by atoms with E-state index in [0.29, 0.717) is 5.69 Å². The third kappa shape index (κ3) is 4.10. The Morgan fingerprint density at radius 3 is 2.59 bits per heavy atom. The number of halogens is 1. The van der Waals surface area contributed by atoms with E-state index < -0.39 is 5.60 Å². The molecule has 0 aliphatic heterocycles. The van der Waals surface area contributed by atoms with Gasteiger partial charge in [-0.2, -0.15) is 0 Å². The minimum absolute atomic E-state index is 0.0922. The molecule has 5 nitrogen and oxygen atoms in total. The summed E-state index contributed by atoms with van der Waals surface area (Å²) >= 11 is 3.42. The van der Waals surface area contributed by atoms with Crippen LogP contribution in [0, 0.1) is 0 Å². The lowest BCUT2D eigenvalue weighted by molar-refractivity contribution is -0.155. The molecule has 1 heterocycles. The number of nitrogens with one attached hydrogen (secondary N) is 1. The van der Waals surface area contributed by atoms with Gasteiger partial charge in [-0.3, -0.25) is 9.59 Å². The van der Waals surface area contributed by atoms with Gasteiger partial charge in [0, 0.05) is 23.0 Å². The van der Waals surface area contributed by atoms with Gasteiger partial charge in [-0.1, -0.05) is 15.9 Å². The monoisotopic (exact) mass is 366 g/mol. The largest absolute Gasteiger partial charge is 0.459 e. The number of carbonyl (C=O) groups excluding carboxylic acids is 2. The Hall–Kier alpha value is -1.82. The van der Waals surface area contributed by atoms with E-state index in [1.807, 2.05) is 39.0 Å². The van der Waals surface area contributed by atoms with Gasteiger partial charge in [0.05, 0.1) is 11.2 Å². The quantitative estimate of drug-likeness (QED) is 0.842. The molecule has 0 saturated carbocycles. The number of amides is 1. The summed E-state index contributed by atoms with van der Waals surface area (Å²) in [5, 5.41) is 3.65. The first-order chi connectivity index (χ1) is 10.2. The first kappa shape index (κ1) is 16.5. The van der Waals surface area contributed by atoms with Crippen LogP contribution in [0.5, 0.6) is 0 Å². The summed E-state index contributed by atoms with van der Waals surface area (Å²) in [4.78, 5) is 23.4. The van der Waals surface area contributed by atoms with Crippen LogP contribution in [0.4, 0.5) is 5.69 Å². The number of aromatic nitrogens is 1. The van der Waals surface area contributed by atoms with Gasteiger partial charge in [-0.05, 0) is 39.0 Å². The smallest absolute Gasteiger partial charge is 0.326 e. The fourth-order valence-corrected chi connectivity index (χ4v) is 2.56. The number of carbonyl (C=O) groups is 2. The van der Waals surface area contributed by atoms with Crippen LogP contribution in [0.2, 0.25) is 0 Å². The van der Waals surface area contributed by atoms with Crippen molar-refractivity contribution in [2.24, 2.45) is 0 Å². The Morgan fingerprint density at radius 1 is 1.32 bits per heavy atom. The summed E-state index contributed by atoms with van der Waals surface area (Å²) in [6.07, 6.45) is 1.75. The molecule has 1 aromatic carbocycles. The molecule has 0 unspecified atom stereocenters. The summed E-state index contributed by atoms with van der Waals surface area (Å²) in [7, 11) is 0. The number of hydrogen-bond donors (Lipinski definition) is 1. The van der Waals surface area contributed by atoms with E-state index in [9.17, 15) is 9.59 Å². The lowest BCUT2D eigenvalue weighted by Crippen LogP contribution is -2.26. The number of anilines is 1. The molecule has 2 aromatic rings. The number of hydrogen-bond acceptors (Lipinski definition) is 3. The van der Waals surface area contributed by atoms with E-state index >= 15 is 0 Å². The Morgan fingerprint density at radius 2 is 2.00 bits per heavy atom. The van der Waals surface area contributed by atoms with Crippen molar-refractivity contribution in [2.75, 3.05) is 5.32 Å². The van der Waals surface area contributed by atoms with E-state index in [2.05, 4.69) is 21.2 Å². The third-order valence-electron chi connectivity index (χ3n) is 2.87. The fourth-order valence-electron chi connectivity index (χ4n) is 2.20. The van der Waals surface area contributed by atoms with Gasteiger partial charge < -0.3 is 14.6 Å². The molecule has 1 aromatic heterocycles. The highest BCUT2D eigenvalue weighted by Gasteiger charge is 2.18. The van der Waals surface area contributed by atoms with Gasteiger partial charge in [-0.15, -0.1) is 0 Å². The molecule has 22 heavy (non-hydrogen) atoms. The van der Waals surface area contributed by atoms with E-state index in [1.165, 1.54) is 6.92 Å². The molecule has 0 aliphatic carbocycles. The van der Waals surface area contributed by atoms with E-state index in [1.54, 1.807) is 10.8 Å². The first-order valence-electron chi connectivity index (χ1n) is 6.93. The van der Waals surface area contributed by atoms with Crippen molar-refractivity contribution in [3.63, 3.8) is 0 Å². The number of esters is 1. The Balaban J connectivity index is 2.37. The van der Waals surface area contributed by atoms with Crippen LogP contribution in [0.25, 0.3) is 10.9 Å². The predicted molar refractivity (Wildman–Crippen MR) is 89.8 cm³/mol. The molecule has 0 saturated heterocycles. The van der Waals surface area contributed by atoms with Crippen molar-refractivity contribution < 1.29 is 14.3 Å². The number of ether oxygens (including phenoxy) is 1. The predicted octanol–water partition coefficient (Wildman–Crippen LogP) is 3.70. The highest BCUT2D eigenvalue weighted by atomic mass is 79.9. The molecule has 1 amide bonds. The molecular weight excluding hydrogens is 348 g/mol. The SMILES string of the molecule is CC(=O)Nc1cn(CC(=O)OC(C)(C)C)c2ccc(Br)cc12. The van der Waals surface area contributed by atoms with E-state index in [-0.39, 0.29) is 18.4 Å². The van der Waals surface area contributed by atoms with Gasteiger partial charge in [-0.25, -0.2) is 0 Å². The fraction of sp³-hybridized carbons (Fsp3) is 0.375. The maximum absolute atomic E-state index is 12.0. The zero-order valence-corrected chi connectivity index (χ0v) is 14.7. The van der Waals surface area contributed by atoms with Crippen molar-refractivity contribution in [1.29, 1.82) is 0 Å². The highest BCUT2D eigenvalue weighted by molar-refractivity contribution is 9.10. The maximum atomic E-state index is 12.0. The molecule has 0 aliphatic rings. The summed E-state index contributed by atoms with van der Waals surface area (Å²) in [6, 6.07) is 5.70. The van der Waals surface area contributed by atoms with Crippen LogP contribution in [-0.2, 0) is 20.9 Å². The third-order valence-corrected chi connectivity index (χ3v) is 3.37. The number of nitrogens with zero attached hydrogens (tertiary/aromatic N) is 1. The molecule has 1 N–H and O–H groups in total. The van der Waals surface area contributed by atoms with Crippen LogP contribution in [0.3, 0.4) is 0 Å². The van der Waals surface area contributed by atoms with Crippen molar-refractivity contribution in [3.05, 3.63) is 28.9 Å². The maximum Gasteiger partial charge on any atom is 0.326 e. The lowest BCUT2D eigenvalue weighted by Gasteiger charge is -2.19. The van der Waals surface area contributed by atoms with Gasteiger partial charge in [0.1, 0.15) is 12.1 Å².